The maximum Gasteiger partial charge on any atom is 0.471 e. The van der Waals surface area contributed by atoms with E-state index in [1.54, 1.807) is 17.0 Å². The second-order valence-corrected chi connectivity index (χ2v) is 7.45. The highest BCUT2D eigenvalue weighted by Crippen LogP contribution is 2.31. The average molecular weight is 487 g/mol. The summed E-state index contributed by atoms with van der Waals surface area (Å²) in [5.74, 6) is -2.46. The molecule has 176 valence electrons. The predicted molar refractivity (Wildman–Crippen MR) is 114 cm³/mol. The Morgan fingerprint density at radius 2 is 1.79 bits per heavy atom. The summed E-state index contributed by atoms with van der Waals surface area (Å²) in [6, 6.07) is 8.37. The van der Waals surface area contributed by atoms with Crippen LogP contribution in [0.5, 0.6) is 5.75 Å². The standard InChI is InChI=1S/C20H18ClF3N4O5/c1-33-17-5-2-12(10-16(17)28(31)32)18(29)25-13-3-4-15(14(21)11-13)26-6-8-27(9-7-26)19(30)20(22,23)24/h2-5,10-11H,6-9H2,1H3,(H,25,29). The number of halogens is 4. The molecule has 0 unspecified atom stereocenters. The Bertz CT molecular complexity index is 1090. The molecule has 13 heteroatoms. The van der Waals surface area contributed by atoms with E-state index in [9.17, 15) is 32.9 Å². The summed E-state index contributed by atoms with van der Waals surface area (Å²) >= 11 is 6.31. The first-order chi connectivity index (χ1) is 15.5. The van der Waals surface area contributed by atoms with Crippen molar-refractivity contribution in [3.63, 3.8) is 0 Å². The van der Waals surface area contributed by atoms with Crippen molar-refractivity contribution in [1.29, 1.82) is 0 Å². The largest absolute Gasteiger partial charge is 0.490 e. The maximum absolute atomic E-state index is 12.6. The van der Waals surface area contributed by atoms with Gasteiger partial charge in [0, 0.05) is 43.5 Å². The van der Waals surface area contributed by atoms with E-state index in [2.05, 4.69) is 5.32 Å². The van der Waals surface area contributed by atoms with Gasteiger partial charge in [-0.3, -0.25) is 19.7 Å². The molecule has 1 aliphatic heterocycles. The number of hydrogen-bond donors (Lipinski definition) is 1. The molecule has 0 bridgehead atoms. The van der Waals surface area contributed by atoms with Crippen LogP contribution in [0, 0.1) is 10.1 Å². The molecule has 0 atom stereocenters. The Labute approximate surface area is 190 Å². The number of benzene rings is 2. The fraction of sp³-hybridized carbons (Fsp3) is 0.300. The molecular formula is C20H18ClF3N4O5. The number of nitrogens with zero attached hydrogens (tertiary/aromatic N) is 3. The lowest BCUT2D eigenvalue weighted by molar-refractivity contribution is -0.385. The van der Waals surface area contributed by atoms with Crippen LogP contribution in [0.25, 0.3) is 0 Å². The fourth-order valence-electron chi connectivity index (χ4n) is 3.35. The van der Waals surface area contributed by atoms with Gasteiger partial charge in [0.05, 0.1) is 22.7 Å². The second kappa shape index (κ2) is 9.53. The Balaban J connectivity index is 1.68. The molecule has 0 aliphatic carbocycles. The smallest absolute Gasteiger partial charge is 0.471 e. The minimum atomic E-state index is -4.91. The Morgan fingerprint density at radius 1 is 1.12 bits per heavy atom. The van der Waals surface area contributed by atoms with Crippen molar-refractivity contribution in [3.05, 3.63) is 57.1 Å². The summed E-state index contributed by atoms with van der Waals surface area (Å²) in [5, 5.41) is 14.0. The van der Waals surface area contributed by atoms with Crippen LogP contribution in [0.2, 0.25) is 5.02 Å². The molecule has 1 heterocycles. The highest BCUT2D eigenvalue weighted by Gasteiger charge is 2.43. The van der Waals surface area contributed by atoms with Gasteiger partial charge in [-0.15, -0.1) is 0 Å². The van der Waals surface area contributed by atoms with E-state index in [0.717, 1.165) is 11.0 Å². The predicted octanol–water partition coefficient (Wildman–Crippen LogP) is 3.72. The quantitative estimate of drug-likeness (QED) is 0.510. The average Bonchev–Trinajstić information content (AvgIpc) is 2.77. The molecule has 1 aliphatic rings. The number of rotatable bonds is 5. The number of methoxy groups -OCH3 is 1. The molecule has 1 fully saturated rings. The summed E-state index contributed by atoms with van der Waals surface area (Å²) < 4.78 is 42.7. The zero-order chi connectivity index (χ0) is 24.3. The zero-order valence-corrected chi connectivity index (χ0v) is 17.9. The van der Waals surface area contributed by atoms with Crippen LogP contribution in [-0.2, 0) is 4.79 Å². The minimum absolute atomic E-state index is 0.0148. The first kappa shape index (κ1) is 24.1. The molecule has 1 saturated heterocycles. The SMILES string of the molecule is COc1ccc(C(=O)Nc2ccc(N3CCN(C(=O)C(F)(F)F)CC3)c(Cl)c2)cc1[N+](=O)[O-]. The van der Waals surface area contributed by atoms with Gasteiger partial charge in [-0.2, -0.15) is 13.2 Å². The molecule has 2 aromatic carbocycles. The Morgan fingerprint density at radius 3 is 2.33 bits per heavy atom. The van der Waals surface area contributed by atoms with Crippen molar-refractivity contribution in [1.82, 2.24) is 4.90 Å². The van der Waals surface area contributed by atoms with Crippen LogP contribution >= 0.6 is 11.6 Å². The van der Waals surface area contributed by atoms with Gasteiger partial charge in [0.2, 0.25) is 0 Å². The van der Waals surface area contributed by atoms with Gasteiger partial charge in [-0.05, 0) is 30.3 Å². The van der Waals surface area contributed by atoms with Crippen molar-refractivity contribution in [2.24, 2.45) is 0 Å². The topological polar surface area (TPSA) is 105 Å². The molecule has 9 nitrogen and oxygen atoms in total. The van der Waals surface area contributed by atoms with Gasteiger partial charge >= 0.3 is 17.8 Å². The number of amides is 2. The number of alkyl halides is 3. The summed E-state index contributed by atoms with van der Waals surface area (Å²) in [7, 11) is 1.28. The summed E-state index contributed by atoms with van der Waals surface area (Å²) in [6.07, 6.45) is -4.91. The number of carbonyl (C=O) groups excluding carboxylic acids is 2. The fourth-order valence-corrected chi connectivity index (χ4v) is 3.65. The number of nitrogens with one attached hydrogen (secondary N) is 1. The van der Waals surface area contributed by atoms with E-state index in [1.165, 1.54) is 25.3 Å². The number of ether oxygens (including phenoxy) is 1. The second-order valence-electron chi connectivity index (χ2n) is 7.04. The van der Waals surface area contributed by atoms with Crippen molar-refractivity contribution in [2.45, 2.75) is 6.18 Å². The molecule has 0 radical (unpaired) electrons. The lowest BCUT2D eigenvalue weighted by Crippen LogP contribution is -2.52. The molecule has 0 aromatic heterocycles. The normalized spacial score (nSPS) is 14.1. The van der Waals surface area contributed by atoms with Crippen LogP contribution < -0.4 is 15.0 Å². The van der Waals surface area contributed by atoms with Gasteiger partial charge < -0.3 is 19.9 Å². The van der Waals surface area contributed by atoms with Crippen molar-refractivity contribution < 1.29 is 32.4 Å². The zero-order valence-electron chi connectivity index (χ0n) is 17.2. The molecule has 0 spiro atoms. The lowest BCUT2D eigenvalue weighted by atomic mass is 10.1. The monoisotopic (exact) mass is 486 g/mol. The molecule has 1 N–H and O–H groups in total. The van der Waals surface area contributed by atoms with E-state index >= 15 is 0 Å². The van der Waals surface area contributed by atoms with E-state index in [1.807, 2.05) is 0 Å². The van der Waals surface area contributed by atoms with E-state index < -0.39 is 22.9 Å². The molecule has 2 aromatic rings. The summed E-state index contributed by atoms with van der Waals surface area (Å²) in [6.45, 7) is 0.0956. The van der Waals surface area contributed by atoms with Crippen LogP contribution in [0.3, 0.4) is 0 Å². The van der Waals surface area contributed by atoms with Gasteiger partial charge in [0.15, 0.2) is 5.75 Å². The number of anilines is 2. The highest BCUT2D eigenvalue weighted by molar-refractivity contribution is 6.33. The molecule has 33 heavy (non-hydrogen) atoms. The molecule has 3 rings (SSSR count). The van der Waals surface area contributed by atoms with Crippen LogP contribution in [-0.4, -0.2) is 61.1 Å². The van der Waals surface area contributed by atoms with Crippen molar-refractivity contribution in [3.8, 4) is 5.75 Å². The minimum Gasteiger partial charge on any atom is -0.490 e. The number of nitro groups is 1. The summed E-state index contributed by atoms with van der Waals surface area (Å²) in [4.78, 5) is 36.8. The number of carbonyl (C=O) groups is 2. The lowest BCUT2D eigenvalue weighted by Gasteiger charge is -2.36. The number of piperazine rings is 1. The van der Waals surface area contributed by atoms with E-state index in [4.69, 9.17) is 16.3 Å². The number of nitro benzene ring substituents is 1. The third-order valence-electron chi connectivity index (χ3n) is 4.99. The Kier molecular flexibility index (Phi) is 6.96. The third kappa shape index (κ3) is 5.45. The maximum atomic E-state index is 12.6. The Hall–Kier alpha value is -3.54. The van der Waals surface area contributed by atoms with Gasteiger partial charge in [0.1, 0.15) is 0 Å². The molecule has 0 saturated carbocycles. The number of hydrogen-bond acceptors (Lipinski definition) is 6. The van der Waals surface area contributed by atoms with Crippen LogP contribution in [0.4, 0.5) is 30.2 Å². The van der Waals surface area contributed by atoms with Crippen LogP contribution in [0.1, 0.15) is 10.4 Å². The highest BCUT2D eigenvalue weighted by atomic mass is 35.5. The van der Waals surface area contributed by atoms with Gasteiger partial charge in [-0.25, -0.2) is 0 Å². The van der Waals surface area contributed by atoms with Gasteiger partial charge in [-0.1, -0.05) is 11.6 Å². The summed E-state index contributed by atoms with van der Waals surface area (Å²) in [5.41, 5.74) is 0.529. The van der Waals surface area contributed by atoms with Crippen molar-refractivity contribution in [2.75, 3.05) is 43.5 Å². The molecule has 2 amide bonds. The first-order valence-corrected chi connectivity index (χ1v) is 9.93. The molecular weight excluding hydrogens is 469 g/mol. The van der Waals surface area contributed by atoms with Gasteiger partial charge in [0.25, 0.3) is 5.91 Å². The first-order valence-electron chi connectivity index (χ1n) is 9.55. The van der Waals surface area contributed by atoms with E-state index in [0.29, 0.717) is 11.4 Å². The van der Waals surface area contributed by atoms with E-state index in [-0.39, 0.29) is 48.2 Å². The van der Waals surface area contributed by atoms with Crippen LogP contribution in [0.15, 0.2) is 36.4 Å². The third-order valence-corrected chi connectivity index (χ3v) is 5.30. The van der Waals surface area contributed by atoms with Crippen molar-refractivity contribution >= 4 is 40.5 Å².